The molecule has 2 N–H and O–H groups in total. The maximum Gasteiger partial charge on any atom is 0.296 e. The summed E-state index contributed by atoms with van der Waals surface area (Å²) in [5, 5.41) is 21.1. The fourth-order valence-electron chi connectivity index (χ4n) is 3.78. The summed E-state index contributed by atoms with van der Waals surface area (Å²) in [6, 6.07) is 15.5. The fraction of sp³-hybridized carbons (Fsp3) is 0.231. The topological polar surface area (TPSA) is 100 Å². The third-order valence-electron chi connectivity index (χ3n) is 5.34. The first-order chi connectivity index (χ1) is 15.8. The van der Waals surface area contributed by atoms with Crippen molar-refractivity contribution in [1.82, 2.24) is 4.90 Å². The number of hydrogen-bond donors (Lipinski definition) is 2. The van der Waals surface area contributed by atoms with Gasteiger partial charge in [-0.05, 0) is 60.0 Å². The van der Waals surface area contributed by atoms with E-state index in [1.807, 2.05) is 13.8 Å². The number of ketones is 1. The number of amides is 1. The lowest BCUT2D eigenvalue weighted by atomic mass is 9.95. The summed E-state index contributed by atoms with van der Waals surface area (Å²) in [5.41, 5.74) is 0.834. The second-order valence-corrected chi connectivity index (χ2v) is 8.33. The van der Waals surface area contributed by atoms with E-state index in [4.69, 9.17) is 9.15 Å². The van der Waals surface area contributed by atoms with Crippen LogP contribution in [0.1, 0.15) is 36.8 Å². The van der Waals surface area contributed by atoms with Gasteiger partial charge in [-0.25, -0.2) is 0 Å². The fourth-order valence-corrected chi connectivity index (χ4v) is 3.78. The molecule has 1 fully saturated rings. The maximum absolute atomic E-state index is 13.0. The molecule has 1 saturated heterocycles. The predicted molar refractivity (Wildman–Crippen MR) is 121 cm³/mol. The van der Waals surface area contributed by atoms with Crippen molar-refractivity contribution in [2.45, 2.75) is 26.4 Å². The first-order valence-electron chi connectivity index (χ1n) is 10.7. The molecule has 0 saturated carbocycles. The third-order valence-corrected chi connectivity index (χ3v) is 5.34. The number of aliphatic hydroxyl groups is 1. The molecular weight excluding hydrogens is 422 g/mol. The summed E-state index contributed by atoms with van der Waals surface area (Å²) in [6.07, 6.45) is 1.48. The second-order valence-electron chi connectivity index (χ2n) is 8.33. The van der Waals surface area contributed by atoms with Crippen LogP contribution in [0.4, 0.5) is 0 Å². The summed E-state index contributed by atoms with van der Waals surface area (Å²) in [5.74, 6) is -0.352. The highest BCUT2D eigenvalue weighted by Crippen LogP contribution is 2.41. The van der Waals surface area contributed by atoms with E-state index in [9.17, 15) is 19.8 Å². The molecule has 0 aliphatic carbocycles. The quantitative estimate of drug-likeness (QED) is 0.311. The number of carbonyl (C=O) groups is 2. The average molecular weight is 447 g/mol. The van der Waals surface area contributed by atoms with Gasteiger partial charge in [0.1, 0.15) is 23.0 Å². The SMILES string of the molecule is CC(C)COc1ccc(/C(O)=C2/C(=O)C(=O)N(Cc3ccco3)C2c2cccc(O)c2)cc1. The summed E-state index contributed by atoms with van der Waals surface area (Å²) < 4.78 is 11.1. The van der Waals surface area contributed by atoms with Crippen molar-refractivity contribution in [1.29, 1.82) is 0 Å². The van der Waals surface area contributed by atoms with Gasteiger partial charge in [0.2, 0.25) is 0 Å². The first-order valence-corrected chi connectivity index (χ1v) is 10.7. The van der Waals surface area contributed by atoms with E-state index in [0.717, 1.165) is 0 Å². The van der Waals surface area contributed by atoms with Crippen LogP contribution in [0.5, 0.6) is 11.5 Å². The molecular formula is C26H25NO6. The molecule has 33 heavy (non-hydrogen) atoms. The number of furan rings is 1. The van der Waals surface area contributed by atoms with Crippen molar-refractivity contribution in [2.24, 2.45) is 5.92 Å². The van der Waals surface area contributed by atoms with Crippen molar-refractivity contribution in [3.05, 3.63) is 89.4 Å². The number of ether oxygens (including phenoxy) is 1. The minimum atomic E-state index is -0.890. The molecule has 0 bridgehead atoms. The van der Waals surface area contributed by atoms with Crippen molar-refractivity contribution in [3.63, 3.8) is 0 Å². The van der Waals surface area contributed by atoms with Crippen molar-refractivity contribution in [3.8, 4) is 11.5 Å². The van der Waals surface area contributed by atoms with Gasteiger partial charge in [0, 0.05) is 5.56 Å². The minimum Gasteiger partial charge on any atom is -0.508 e. The Morgan fingerprint density at radius 2 is 1.85 bits per heavy atom. The van der Waals surface area contributed by atoms with Gasteiger partial charge in [-0.3, -0.25) is 9.59 Å². The van der Waals surface area contributed by atoms with E-state index in [2.05, 4.69) is 0 Å². The molecule has 1 unspecified atom stereocenters. The van der Waals surface area contributed by atoms with E-state index >= 15 is 0 Å². The molecule has 0 radical (unpaired) electrons. The van der Waals surface area contributed by atoms with E-state index in [1.54, 1.807) is 48.5 Å². The maximum atomic E-state index is 13.0. The molecule has 1 atom stereocenters. The number of hydrogen-bond acceptors (Lipinski definition) is 6. The lowest BCUT2D eigenvalue weighted by Crippen LogP contribution is -2.29. The lowest BCUT2D eigenvalue weighted by Gasteiger charge is -2.24. The number of aliphatic hydroxyl groups excluding tert-OH is 1. The highest BCUT2D eigenvalue weighted by Gasteiger charge is 2.46. The molecule has 2 heterocycles. The molecule has 1 aromatic heterocycles. The molecule has 1 amide bonds. The van der Waals surface area contributed by atoms with Gasteiger partial charge >= 0.3 is 0 Å². The largest absolute Gasteiger partial charge is 0.508 e. The highest BCUT2D eigenvalue weighted by molar-refractivity contribution is 6.46. The van der Waals surface area contributed by atoms with E-state index < -0.39 is 17.7 Å². The van der Waals surface area contributed by atoms with Crippen LogP contribution in [-0.2, 0) is 16.1 Å². The molecule has 3 aromatic rings. The number of aromatic hydroxyl groups is 1. The van der Waals surface area contributed by atoms with Crippen LogP contribution >= 0.6 is 0 Å². The summed E-state index contributed by atoms with van der Waals surface area (Å²) in [7, 11) is 0. The second kappa shape index (κ2) is 9.24. The normalized spacial score (nSPS) is 17.7. The Balaban J connectivity index is 1.76. The Kier molecular flexibility index (Phi) is 6.22. The molecule has 0 spiro atoms. The van der Waals surface area contributed by atoms with E-state index in [1.165, 1.54) is 23.3 Å². The molecule has 1 aliphatic heterocycles. The molecule has 7 nitrogen and oxygen atoms in total. The van der Waals surface area contributed by atoms with Gasteiger partial charge in [-0.2, -0.15) is 0 Å². The van der Waals surface area contributed by atoms with E-state index in [-0.39, 0.29) is 23.6 Å². The summed E-state index contributed by atoms with van der Waals surface area (Å²) >= 11 is 0. The Morgan fingerprint density at radius 3 is 2.48 bits per heavy atom. The van der Waals surface area contributed by atoms with Crippen LogP contribution in [-0.4, -0.2) is 33.4 Å². The number of benzene rings is 2. The van der Waals surface area contributed by atoms with Crippen molar-refractivity contribution >= 4 is 17.4 Å². The number of nitrogens with zero attached hydrogens (tertiary/aromatic N) is 1. The van der Waals surface area contributed by atoms with Gasteiger partial charge in [0.05, 0.1) is 31.0 Å². The van der Waals surface area contributed by atoms with Crippen molar-refractivity contribution in [2.75, 3.05) is 6.61 Å². The van der Waals surface area contributed by atoms with Crippen LogP contribution in [0.3, 0.4) is 0 Å². The van der Waals surface area contributed by atoms with Crippen molar-refractivity contribution < 1.29 is 29.0 Å². The summed E-state index contributed by atoms with van der Waals surface area (Å²) in [6.45, 7) is 4.68. The predicted octanol–water partition coefficient (Wildman–Crippen LogP) is 4.64. The van der Waals surface area contributed by atoms with Gasteiger partial charge < -0.3 is 24.3 Å². The van der Waals surface area contributed by atoms with Crippen LogP contribution in [0.15, 0.2) is 76.9 Å². The van der Waals surface area contributed by atoms with E-state index in [0.29, 0.717) is 35.2 Å². The Labute approximate surface area is 191 Å². The van der Waals surface area contributed by atoms with Crippen LogP contribution in [0, 0.1) is 5.92 Å². The zero-order valence-electron chi connectivity index (χ0n) is 18.4. The van der Waals surface area contributed by atoms with Crippen LogP contribution in [0.2, 0.25) is 0 Å². The van der Waals surface area contributed by atoms with Crippen LogP contribution in [0.25, 0.3) is 5.76 Å². The standard InChI is InChI=1S/C26H25NO6/c1-16(2)15-33-20-10-8-17(9-11-20)24(29)22-23(18-5-3-6-19(28)13-18)27(26(31)25(22)30)14-21-7-4-12-32-21/h3-13,16,23,28-29H,14-15H2,1-2H3/b24-22-. The number of carbonyl (C=O) groups excluding carboxylic acids is 2. The zero-order valence-corrected chi connectivity index (χ0v) is 18.4. The minimum absolute atomic E-state index is 0.0114. The third kappa shape index (κ3) is 4.62. The summed E-state index contributed by atoms with van der Waals surface area (Å²) in [4.78, 5) is 27.3. The first kappa shape index (κ1) is 22.2. The molecule has 4 rings (SSSR count). The Morgan fingerprint density at radius 1 is 1.09 bits per heavy atom. The molecule has 1 aliphatic rings. The number of Topliss-reactive ketones (excluding diaryl/α,β-unsaturated/α-hetero) is 1. The van der Waals surface area contributed by atoms with Gasteiger partial charge in [0.25, 0.3) is 11.7 Å². The van der Waals surface area contributed by atoms with Gasteiger partial charge in [-0.15, -0.1) is 0 Å². The zero-order chi connectivity index (χ0) is 23.5. The molecule has 2 aromatic carbocycles. The van der Waals surface area contributed by atoms with Gasteiger partial charge in [-0.1, -0.05) is 26.0 Å². The number of phenolic OH excluding ortho intramolecular Hbond substituents is 1. The number of likely N-dealkylation sites (tertiary alicyclic amines) is 1. The van der Waals surface area contributed by atoms with Gasteiger partial charge in [0.15, 0.2) is 0 Å². The Bertz CT molecular complexity index is 1180. The highest BCUT2D eigenvalue weighted by atomic mass is 16.5. The molecule has 170 valence electrons. The monoisotopic (exact) mass is 447 g/mol. The number of phenols is 1. The average Bonchev–Trinajstić information content (AvgIpc) is 3.40. The number of rotatable bonds is 7. The Hall–Kier alpha value is -4.00. The smallest absolute Gasteiger partial charge is 0.296 e. The van der Waals surface area contributed by atoms with Crippen LogP contribution < -0.4 is 4.74 Å². The lowest BCUT2D eigenvalue weighted by molar-refractivity contribution is -0.140. The molecule has 7 heteroatoms.